The molecule has 19 heavy (non-hydrogen) atoms. The fourth-order valence-corrected chi connectivity index (χ4v) is 2.32. The van der Waals surface area contributed by atoms with E-state index in [-0.39, 0.29) is 17.9 Å². The van der Waals surface area contributed by atoms with Crippen LogP contribution >= 0.6 is 0 Å². The van der Waals surface area contributed by atoms with Crippen molar-refractivity contribution in [1.29, 1.82) is 0 Å². The molecular formula is C14H27N3O2. The molecular weight excluding hydrogens is 242 g/mol. The number of hydrogen-bond acceptors (Lipinski definition) is 3. The van der Waals surface area contributed by atoms with E-state index in [2.05, 4.69) is 0 Å². The van der Waals surface area contributed by atoms with Gasteiger partial charge in [0.15, 0.2) is 0 Å². The summed E-state index contributed by atoms with van der Waals surface area (Å²) in [6.45, 7) is 8.60. The molecule has 0 aromatic heterocycles. The second-order valence-electron chi connectivity index (χ2n) is 5.70. The number of hydrogen-bond donors (Lipinski definition) is 1. The zero-order valence-electron chi connectivity index (χ0n) is 12.4. The van der Waals surface area contributed by atoms with Gasteiger partial charge < -0.3 is 15.5 Å². The van der Waals surface area contributed by atoms with E-state index in [0.717, 1.165) is 12.8 Å². The minimum absolute atomic E-state index is 0.0257. The van der Waals surface area contributed by atoms with Gasteiger partial charge in [0.05, 0.1) is 6.04 Å². The van der Waals surface area contributed by atoms with Crippen LogP contribution in [-0.2, 0) is 9.59 Å². The monoisotopic (exact) mass is 269 g/mol. The van der Waals surface area contributed by atoms with Gasteiger partial charge >= 0.3 is 0 Å². The van der Waals surface area contributed by atoms with Gasteiger partial charge in [-0.25, -0.2) is 0 Å². The maximum absolute atomic E-state index is 12.0. The lowest BCUT2D eigenvalue weighted by atomic mass is 10.1. The molecule has 110 valence electrons. The lowest BCUT2D eigenvalue weighted by molar-refractivity contribution is -0.140. The highest BCUT2D eigenvalue weighted by Gasteiger charge is 2.26. The van der Waals surface area contributed by atoms with Gasteiger partial charge in [-0.05, 0) is 12.3 Å². The van der Waals surface area contributed by atoms with E-state index in [0.29, 0.717) is 38.5 Å². The van der Waals surface area contributed by atoms with Crippen LogP contribution in [0.1, 0.15) is 40.0 Å². The summed E-state index contributed by atoms with van der Waals surface area (Å²) in [5, 5.41) is 0. The first-order valence-corrected chi connectivity index (χ1v) is 7.27. The third-order valence-corrected chi connectivity index (χ3v) is 3.44. The summed E-state index contributed by atoms with van der Waals surface area (Å²) in [5.41, 5.74) is 5.85. The van der Waals surface area contributed by atoms with E-state index in [1.807, 2.05) is 25.7 Å². The van der Waals surface area contributed by atoms with Crippen LogP contribution in [0.2, 0.25) is 0 Å². The smallest absolute Gasteiger partial charge is 0.239 e. The predicted molar refractivity (Wildman–Crippen MR) is 75.5 cm³/mol. The fraction of sp³-hybridized carbons (Fsp3) is 0.857. The van der Waals surface area contributed by atoms with E-state index in [9.17, 15) is 9.59 Å². The van der Waals surface area contributed by atoms with Crippen LogP contribution in [0.4, 0.5) is 0 Å². The highest BCUT2D eigenvalue weighted by atomic mass is 16.2. The minimum Gasteiger partial charge on any atom is -0.339 e. The van der Waals surface area contributed by atoms with Crippen molar-refractivity contribution in [2.45, 2.75) is 46.1 Å². The minimum atomic E-state index is -0.386. The normalized spacial score (nSPS) is 17.7. The van der Waals surface area contributed by atoms with Gasteiger partial charge in [0.25, 0.3) is 0 Å². The molecule has 1 heterocycles. The maximum Gasteiger partial charge on any atom is 0.239 e. The number of carbonyl (C=O) groups is 2. The molecule has 2 N–H and O–H groups in total. The number of amides is 2. The van der Waals surface area contributed by atoms with Gasteiger partial charge in [0.2, 0.25) is 11.8 Å². The first-order valence-electron chi connectivity index (χ1n) is 7.27. The molecule has 0 aromatic rings. The quantitative estimate of drug-likeness (QED) is 0.804. The SMILES string of the molecule is CCCC(N)C(=O)N1CCN(C(=O)CC(C)C)CC1. The molecule has 0 radical (unpaired) electrons. The number of piperazine rings is 1. The van der Waals surface area contributed by atoms with Crippen LogP contribution in [-0.4, -0.2) is 53.8 Å². The number of nitrogens with zero attached hydrogens (tertiary/aromatic N) is 2. The Morgan fingerprint density at radius 2 is 1.63 bits per heavy atom. The lowest BCUT2D eigenvalue weighted by Crippen LogP contribution is -2.54. The third kappa shape index (κ3) is 4.82. The van der Waals surface area contributed by atoms with Crippen molar-refractivity contribution in [2.24, 2.45) is 11.7 Å². The molecule has 0 saturated carbocycles. The topological polar surface area (TPSA) is 66.6 Å². The van der Waals surface area contributed by atoms with Crippen molar-refractivity contribution in [3.63, 3.8) is 0 Å². The van der Waals surface area contributed by atoms with Crippen molar-refractivity contribution in [2.75, 3.05) is 26.2 Å². The molecule has 1 aliphatic rings. The standard InChI is InChI=1S/C14H27N3O2/c1-4-5-12(15)14(19)17-8-6-16(7-9-17)13(18)10-11(2)3/h11-12H,4-10,15H2,1-3H3. The Bertz CT molecular complexity index is 310. The van der Waals surface area contributed by atoms with Gasteiger partial charge in [0.1, 0.15) is 0 Å². The molecule has 1 unspecified atom stereocenters. The van der Waals surface area contributed by atoms with Crippen molar-refractivity contribution in [1.82, 2.24) is 9.80 Å². The van der Waals surface area contributed by atoms with Crippen molar-refractivity contribution >= 4 is 11.8 Å². The molecule has 2 amide bonds. The van der Waals surface area contributed by atoms with Crippen molar-refractivity contribution in [3.8, 4) is 0 Å². The molecule has 1 rings (SSSR count). The maximum atomic E-state index is 12.0. The van der Waals surface area contributed by atoms with Gasteiger partial charge in [-0.15, -0.1) is 0 Å². The van der Waals surface area contributed by atoms with Gasteiger partial charge in [-0.2, -0.15) is 0 Å². The summed E-state index contributed by atoms with van der Waals surface area (Å²) >= 11 is 0. The van der Waals surface area contributed by atoms with Crippen molar-refractivity contribution < 1.29 is 9.59 Å². The third-order valence-electron chi connectivity index (χ3n) is 3.44. The van der Waals surface area contributed by atoms with E-state index in [1.165, 1.54) is 0 Å². The summed E-state index contributed by atoms with van der Waals surface area (Å²) in [4.78, 5) is 27.6. The predicted octanol–water partition coefficient (Wildman–Crippen LogP) is 0.831. The first-order chi connectivity index (χ1) is 8.95. The number of rotatable bonds is 5. The molecule has 5 nitrogen and oxygen atoms in total. The second kappa shape index (κ2) is 7.48. The average Bonchev–Trinajstić information content (AvgIpc) is 2.37. The first kappa shape index (κ1) is 16.0. The summed E-state index contributed by atoms with van der Waals surface area (Å²) in [7, 11) is 0. The summed E-state index contributed by atoms with van der Waals surface area (Å²) in [6, 6.07) is -0.386. The van der Waals surface area contributed by atoms with E-state index < -0.39 is 0 Å². The van der Waals surface area contributed by atoms with Crippen LogP contribution in [0.25, 0.3) is 0 Å². The number of nitrogens with two attached hydrogens (primary N) is 1. The summed E-state index contributed by atoms with van der Waals surface area (Å²) in [5.74, 6) is 0.600. The van der Waals surface area contributed by atoms with Gasteiger partial charge in [0, 0.05) is 32.6 Å². The Labute approximate surface area is 116 Å². The zero-order valence-corrected chi connectivity index (χ0v) is 12.4. The van der Waals surface area contributed by atoms with E-state index in [1.54, 1.807) is 4.90 Å². The molecule has 0 bridgehead atoms. The van der Waals surface area contributed by atoms with Crippen LogP contribution in [0, 0.1) is 5.92 Å². The lowest BCUT2D eigenvalue weighted by Gasteiger charge is -2.36. The molecule has 5 heteroatoms. The molecule has 0 aliphatic carbocycles. The molecule has 1 aliphatic heterocycles. The molecule has 1 fully saturated rings. The summed E-state index contributed by atoms with van der Waals surface area (Å²) in [6.07, 6.45) is 2.23. The van der Waals surface area contributed by atoms with Gasteiger partial charge in [-0.1, -0.05) is 27.2 Å². The molecule has 1 atom stereocenters. The second-order valence-corrected chi connectivity index (χ2v) is 5.70. The molecule has 0 aromatic carbocycles. The van der Waals surface area contributed by atoms with Gasteiger partial charge in [-0.3, -0.25) is 9.59 Å². The van der Waals surface area contributed by atoms with E-state index >= 15 is 0 Å². The van der Waals surface area contributed by atoms with Crippen LogP contribution < -0.4 is 5.73 Å². The highest BCUT2D eigenvalue weighted by Crippen LogP contribution is 2.09. The Balaban J connectivity index is 2.40. The van der Waals surface area contributed by atoms with Crippen LogP contribution in [0.5, 0.6) is 0 Å². The fourth-order valence-electron chi connectivity index (χ4n) is 2.32. The molecule has 0 spiro atoms. The van der Waals surface area contributed by atoms with Crippen molar-refractivity contribution in [3.05, 3.63) is 0 Å². The Hall–Kier alpha value is -1.10. The highest BCUT2D eigenvalue weighted by molar-refractivity contribution is 5.82. The van der Waals surface area contributed by atoms with Crippen LogP contribution in [0.15, 0.2) is 0 Å². The largest absolute Gasteiger partial charge is 0.339 e. The van der Waals surface area contributed by atoms with Crippen LogP contribution in [0.3, 0.4) is 0 Å². The Morgan fingerprint density at radius 3 is 2.11 bits per heavy atom. The number of carbonyl (C=O) groups excluding carboxylic acids is 2. The zero-order chi connectivity index (χ0) is 14.4. The Kier molecular flexibility index (Phi) is 6.28. The summed E-state index contributed by atoms with van der Waals surface area (Å²) < 4.78 is 0. The Morgan fingerprint density at radius 1 is 1.11 bits per heavy atom. The van der Waals surface area contributed by atoms with E-state index in [4.69, 9.17) is 5.73 Å². The molecule has 1 saturated heterocycles. The average molecular weight is 269 g/mol.